The van der Waals surface area contributed by atoms with Crippen molar-refractivity contribution in [2.45, 2.75) is 84.7 Å². The Morgan fingerprint density at radius 1 is 0.913 bits per heavy atom. The van der Waals surface area contributed by atoms with Gasteiger partial charge in [-0.1, -0.05) is 12.8 Å². The van der Waals surface area contributed by atoms with Crippen molar-refractivity contribution in [2.24, 2.45) is 0 Å². The van der Waals surface area contributed by atoms with Crippen molar-refractivity contribution in [3.05, 3.63) is 0 Å². The number of carbonyl (C=O) groups excluding carboxylic acids is 4. The van der Waals surface area contributed by atoms with Gasteiger partial charge in [0.05, 0.1) is 12.8 Å². The maximum atomic E-state index is 11.6. The summed E-state index contributed by atoms with van der Waals surface area (Å²) in [5.74, 6) is -0.764. The van der Waals surface area contributed by atoms with Gasteiger partial charge in [0.2, 0.25) is 11.8 Å². The molecule has 0 aliphatic heterocycles. The van der Waals surface area contributed by atoms with Gasteiger partial charge in [0.15, 0.2) is 0 Å². The second kappa shape index (κ2) is 10.1. The Kier molecular flexibility index (Phi) is 9.37. The summed E-state index contributed by atoms with van der Waals surface area (Å²) in [5, 5.41) is 5.66. The predicted octanol–water partition coefficient (Wildman–Crippen LogP) is 1.90. The highest BCUT2D eigenvalue weighted by atomic mass is 16.2. The van der Waals surface area contributed by atoms with Gasteiger partial charge in [-0.25, -0.2) is 0 Å². The minimum Gasteiger partial charge on any atom is -0.353 e. The molecule has 132 valence electrons. The van der Waals surface area contributed by atoms with Gasteiger partial charge < -0.3 is 10.6 Å². The zero-order valence-corrected chi connectivity index (χ0v) is 15.0. The number of ketones is 2. The fourth-order valence-corrected chi connectivity index (χ4v) is 2.35. The first-order valence-corrected chi connectivity index (χ1v) is 8.11. The zero-order chi connectivity index (χ0) is 18.0. The third-order valence-corrected chi connectivity index (χ3v) is 3.39. The monoisotopic (exact) mass is 326 g/mol. The van der Waals surface area contributed by atoms with Gasteiger partial charge in [-0.15, -0.1) is 0 Å². The Morgan fingerprint density at radius 3 is 1.96 bits per heavy atom. The number of hydrogen-bond acceptors (Lipinski definition) is 4. The average Bonchev–Trinajstić information content (AvgIpc) is 2.31. The zero-order valence-electron chi connectivity index (χ0n) is 15.0. The van der Waals surface area contributed by atoms with E-state index in [1.807, 2.05) is 20.8 Å². The molecule has 0 heterocycles. The highest BCUT2D eigenvalue weighted by Crippen LogP contribution is 2.15. The fourth-order valence-electron chi connectivity index (χ4n) is 2.35. The number of hydrogen-bond donors (Lipinski definition) is 2. The summed E-state index contributed by atoms with van der Waals surface area (Å²) in [6, 6.07) is 0.0252. The summed E-state index contributed by atoms with van der Waals surface area (Å²) in [5.41, 5.74) is -0.354. The lowest BCUT2D eigenvalue weighted by Gasteiger charge is -2.26. The molecule has 0 radical (unpaired) electrons. The average molecular weight is 326 g/mol. The smallest absolute Gasteiger partial charge is 0.227 e. The third kappa shape index (κ3) is 12.5. The van der Waals surface area contributed by atoms with Crippen molar-refractivity contribution in [1.82, 2.24) is 10.6 Å². The topological polar surface area (TPSA) is 92.3 Å². The van der Waals surface area contributed by atoms with Gasteiger partial charge >= 0.3 is 0 Å². The molecule has 0 aromatic rings. The molecule has 0 fully saturated rings. The molecule has 2 N–H and O–H groups in total. The molecule has 0 rings (SSSR count). The minimum atomic E-state index is -0.354. The minimum absolute atomic E-state index is 0.0252. The standard InChI is InChI=1S/C17H30N2O4/c1-12(18-15(22)10-13(2)20)8-6-7-9-17(4,5)19-16(23)11-14(3)21/h12H,6-11H2,1-5H3,(H,18,22)(H,19,23). The van der Waals surface area contributed by atoms with Crippen molar-refractivity contribution in [3.63, 3.8) is 0 Å². The predicted molar refractivity (Wildman–Crippen MR) is 88.9 cm³/mol. The van der Waals surface area contributed by atoms with Crippen LogP contribution in [0.3, 0.4) is 0 Å². The molecule has 0 aromatic carbocycles. The van der Waals surface area contributed by atoms with Gasteiger partial charge in [0, 0.05) is 11.6 Å². The van der Waals surface area contributed by atoms with Gasteiger partial charge in [-0.2, -0.15) is 0 Å². The van der Waals surface area contributed by atoms with Crippen LogP contribution >= 0.6 is 0 Å². The van der Waals surface area contributed by atoms with E-state index >= 15 is 0 Å². The molecule has 6 nitrogen and oxygen atoms in total. The first kappa shape index (κ1) is 21.3. The largest absolute Gasteiger partial charge is 0.353 e. The SMILES string of the molecule is CC(=O)CC(=O)NC(C)CCCCC(C)(C)NC(=O)CC(C)=O. The quantitative estimate of drug-likeness (QED) is 0.448. The van der Waals surface area contributed by atoms with Crippen LogP contribution in [-0.4, -0.2) is 35.0 Å². The lowest BCUT2D eigenvalue weighted by Crippen LogP contribution is -2.43. The maximum Gasteiger partial charge on any atom is 0.227 e. The van der Waals surface area contributed by atoms with Gasteiger partial charge in [-0.3, -0.25) is 19.2 Å². The van der Waals surface area contributed by atoms with Crippen LogP contribution in [0.4, 0.5) is 0 Å². The number of unbranched alkanes of at least 4 members (excludes halogenated alkanes) is 1. The Morgan fingerprint density at radius 2 is 1.43 bits per heavy atom. The van der Waals surface area contributed by atoms with E-state index in [4.69, 9.17) is 0 Å². The molecular formula is C17H30N2O4. The van der Waals surface area contributed by atoms with Crippen LogP contribution < -0.4 is 10.6 Å². The van der Waals surface area contributed by atoms with Crippen LogP contribution in [-0.2, 0) is 19.2 Å². The van der Waals surface area contributed by atoms with E-state index in [2.05, 4.69) is 10.6 Å². The highest BCUT2D eigenvalue weighted by molar-refractivity contribution is 5.97. The summed E-state index contributed by atoms with van der Waals surface area (Å²) in [4.78, 5) is 44.8. The van der Waals surface area contributed by atoms with E-state index in [9.17, 15) is 19.2 Å². The molecule has 0 saturated heterocycles. The van der Waals surface area contributed by atoms with Crippen LogP contribution in [0, 0.1) is 0 Å². The van der Waals surface area contributed by atoms with E-state index < -0.39 is 0 Å². The third-order valence-electron chi connectivity index (χ3n) is 3.39. The van der Waals surface area contributed by atoms with Crippen molar-refractivity contribution in [1.29, 1.82) is 0 Å². The first-order valence-electron chi connectivity index (χ1n) is 8.11. The van der Waals surface area contributed by atoms with E-state index in [-0.39, 0.29) is 47.8 Å². The summed E-state index contributed by atoms with van der Waals surface area (Å²) in [6.45, 7) is 8.57. The molecule has 0 aliphatic rings. The molecule has 1 atom stereocenters. The summed E-state index contributed by atoms with van der Waals surface area (Å²) >= 11 is 0. The Balaban J connectivity index is 3.96. The van der Waals surface area contributed by atoms with Crippen molar-refractivity contribution >= 4 is 23.4 Å². The molecule has 1 unspecified atom stereocenters. The number of nitrogens with one attached hydrogen (secondary N) is 2. The second-order valence-corrected chi connectivity index (χ2v) is 6.90. The van der Waals surface area contributed by atoms with E-state index in [1.165, 1.54) is 13.8 Å². The van der Waals surface area contributed by atoms with Crippen molar-refractivity contribution < 1.29 is 19.2 Å². The fraction of sp³-hybridized carbons (Fsp3) is 0.765. The number of rotatable bonds is 11. The van der Waals surface area contributed by atoms with Crippen LogP contribution in [0.2, 0.25) is 0 Å². The van der Waals surface area contributed by atoms with Crippen LogP contribution in [0.5, 0.6) is 0 Å². The van der Waals surface area contributed by atoms with Crippen molar-refractivity contribution in [3.8, 4) is 0 Å². The number of Topliss-reactive ketones (excluding diaryl/α,β-unsaturated/α-hetero) is 2. The summed E-state index contributed by atoms with van der Waals surface area (Å²) < 4.78 is 0. The van der Waals surface area contributed by atoms with Gasteiger partial charge in [0.25, 0.3) is 0 Å². The van der Waals surface area contributed by atoms with Crippen LogP contribution in [0.1, 0.15) is 73.1 Å². The van der Waals surface area contributed by atoms with E-state index in [0.717, 1.165) is 25.7 Å². The summed E-state index contributed by atoms with van der Waals surface area (Å²) in [7, 11) is 0. The molecule has 0 aliphatic carbocycles. The van der Waals surface area contributed by atoms with Crippen LogP contribution in [0.25, 0.3) is 0 Å². The molecule has 0 spiro atoms. The molecule has 0 bridgehead atoms. The van der Waals surface area contributed by atoms with Gasteiger partial charge in [-0.05, 0) is 47.5 Å². The molecule has 0 aromatic heterocycles. The maximum absolute atomic E-state index is 11.6. The van der Waals surface area contributed by atoms with Crippen LogP contribution in [0.15, 0.2) is 0 Å². The molecule has 2 amide bonds. The lowest BCUT2D eigenvalue weighted by atomic mass is 9.95. The Labute approximate surface area is 138 Å². The van der Waals surface area contributed by atoms with Crippen molar-refractivity contribution in [2.75, 3.05) is 0 Å². The second-order valence-electron chi connectivity index (χ2n) is 6.90. The first-order chi connectivity index (χ1) is 10.5. The van der Waals surface area contributed by atoms with E-state index in [1.54, 1.807) is 0 Å². The molecule has 23 heavy (non-hydrogen) atoms. The number of carbonyl (C=O) groups is 4. The summed E-state index contributed by atoms with van der Waals surface area (Å²) in [6.07, 6.45) is 3.28. The molecule has 6 heteroatoms. The lowest BCUT2D eigenvalue weighted by molar-refractivity contribution is -0.129. The highest BCUT2D eigenvalue weighted by Gasteiger charge is 2.20. The van der Waals surface area contributed by atoms with Gasteiger partial charge in [0.1, 0.15) is 11.6 Å². The van der Waals surface area contributed by atoms with E-state index in [0.29, 0.717) is 0 Å². The molecule has 0 saturated carbocycles. The Hall–Kier alpha value is -1.72. The molecular weight excluding hydrogens is 296 g/mol. The Bertz CT molecular complexity index is 444. The number of amides is 2. The normalized spacial score (nSPS) is 12.4.